The first-order valence-electron chi connectivity index (χ1n) is 7.24. The minimum absolute atomic E-state index is 0.159. The number of hydrogen-bond donors (Lipinski definition) is 0. The molecule has 6 heteroatoms. The lowest BCUT2D eigenvalue weighted by Gasteiger charge is -2.12. The van der Waals surface area contributed by atoms with Crippen LogP contribution in [0.25, 0.3) is 0 Å². The highest BCUT2D eigenvalue weighted by Gasteiger charge is 2.16. The van der Waals surface area contributed by atoms with E-state index < -0.39 is 0 Å². The summed E-state index contributed by atoms with van der Waals surface area (Å²) < 4.78 is 11.0. The van der Waals surface area contributed by atoms with Crippen molar-refractivity contribution < 1.29 is 9.47 Å². The number of benzene rings is 2. The molecule has 0 saturated heterocycles. The van der Waals surface area contributed by atoms with Crippen LogP contribution in [0.15, 0.2) is 54.6 Å². The Labute approximate surface area is 150 Å². The number of rotatable bonds is 5. The van der Waals surface area contributed by atoms with E-state index in [-0.39, 0.29) is 16.1 Å². The monoisotopic (exact) mass is 360 g/mol. The van der Waals surface area contributed by atoms with Crippen molar-refractivity contribution in [2.75, 3.05) is 7.11 Å². The van der Waals surface area contributed by atoms with Crippen LogP contribution in [0, 0.1) is 0 Å². The lowest BCUT2D eigenvalue weighted by atomic mass is 10.1. The molecule has 3 rings (SSSR count). The molecule has 0 N–H and O–H groups in total. The maximum absolute atomic E-state index is 6.24. The van der Waals surface area contributed by atoms with E-state index in [1.54, 1.807) is 19.2 Å². The second kappa shape index (κ2) is 7.51. The summed E-state index contributed by atoms with van der Waals surface area (Å²) in [4.78, 5) is 8.57. The highest BCUT2D eigenvalue weighted by Crippen LogP contribution is 2.37. The largest absolute Gasteiger partial charge is 0.493 e. The Morgan fingerprint density at radius 2 is 1.42 bits per heavy atom. The standard InChI is InChI=1S/C18H14Cl2N2O2/c1-23-13-9-5-6-10-14(13)24-16-17(19)21-15(22-18(16)20)11-12-7-3-2-4-8-12/h2-10H,11H2,1H3. The van der Waals surface area contributed by atoms with Gasteiger partial charge in [0.25, 0.3) is 0 Å². The Kier molecular flexibility index (Phi) is 5.18. The van der Waals surface area contributed by atoms with E-state index >= 15 is 0 Å². The molecule has 2 aromatic carbocycles. The first-order valence-corrected chi connectivity index (χ1v) is 7.99. The molecule has 0 saturated carbocycles. The quantitative estimate of drug-likeness (QED) is 0.588. The molecule has 1 aromatic heterocycles. The molecule has 0 bridgehead atoms. The van der Waals surface area contributed by atoms with Crippen molar-refractivity contribution in [2.45, 2.75) is 6.42 Å². The summed E-state index contributed by atoms with van der Waals surface area (Å²) in [5, 5.41) is 0.318. The zero-order valence-corrected chi connectivity index (χ0v) is 14.4. The van der Waals surface area contributed by atoms with Gasteiger partial charge >= 0.3 is 0 Å². The van der Waals surface area contributed by atoms with Crippen LogP contribution in [0.1, 0.15) is 11.4 Å². The number of halogens is 2. The maximum atomic E-state index is 6.24. The van der Waals surface area contributed by atoms with Crippen molar-refractivity contribution >= 4 is 23.2 Å². The fraction of sp³-hybridized carbons (Fsp3) is 0.111. The SMILES string of the molecule is COc1ccccc1Oc1c(Cl)nc(Cc2ccccc2)nc1Cl. The van der Waals surface area contributed by atoms with E-state index in [4.69, 9.17) is 32.7 Å². The Balaban J connectivity index is 1.87. The van der Waals surface area contributed by atoms with Crippen LogP contribution < -0.4 is 9.47 Å². The summed E-state index contributed by atoms with van der Waals surface area (Å²) in [5.74, 6) is 1.80. The zero-order chi connectivity index (χ0) is 16.9. The van der Waals surface area contributed by atoms with Gasteiger partial charge in [0.1, 0.15) is 5.82 Å². The van der Waals surface area contributed by atoms with Crippen LogP contribution in [0.4, 0.5) is 0 Å². The summed E-state index contributed by atoms with van der Waals surface area (Å²) in [6.45, 7) is 0. The molecule has 0 amide bonds. The Morgan fingerprint density at radius 1 is 0.833 bits per heavy atom. The third-order valence-electron chi connectivity index (χ3n) is 3.32. The van der Waals surface area contributed by atoms with Gasteiger partial charge in [-0.25, -0.2) is 9.97 Å². The molecule has 24 heavy (non-hydrogen) atoms. The van der Waals surface area contributed by atoms with Crippen LogP contribution in [0.5, 0.6) is 17.2 Å². The van der Waals surface area contributed by atoms with Gasteiger partial charge in [-0.2, -0.15) is 0 Å². The fourth-order valence-electron chi connectivity index (χ4n) is 2.19. The van der Waals surface area contributed by atoms with E-state index in [1.807, 2.05) is 42.5 Å². The van der Waals surface area contributed by atoms with Crippen molar-refractivity contribution in [3.8, 4) is 17.2 Å². The van der Waals surface area contributed by atoms with Crippen molar-refractivity contribution in [3.63, 3.8) is 0 Å². The summed E-state index contributed by atoms with van der Waals surface area (Å²) in [6.07, 6.45) is 0.537. The summed E-state index contributed by atoms with van der Waals surface area (Å²) in [6, 6.07) is 17.0. The number of ether oxygens (including phenoxy) is 2. The normalized spacial score (nSPS) is 10.5. The molecule has 3 aromatic rings. The molecular weight excluding hydrogens is 347 g/mol. The van der Waals surface area contributed by atoms with Crippen LogP contribution >= 0.6 is 23.2 Å². The van der Waals surface area contributed by atoms with Crippen molar-refractivity contribution in [3.05, 3.63) is 76.3 Å². The van der Waals surface area contributed by atoms with Gasteiger partial charge in [0.15, 0.2) is 21.8 Å². The van der Waals surface area contributed by atoms with Gasteiger partial charge in [-0.15, -0.1) is 0 Å². The Bertz CT molecular complexity index is 818. The molecule has 122 valence electrons. The van der Waals surface area contributed by atoms with Crippen LogP contribution in [0.3, 0.4) is 0 Å². The number of hydrogen-bond acceptors (Lipinski definition) is 4. The molecule has 0 radical (unpaired) electrons. The number of aromatic nitrogens is 2. The molecule has 0 unspecified atom stereocenters. The summed E-state index contributed by atoms with van der Waals surface area (Å²) >= 11 is 12.5. The summed E-state index contributed by atoms with van der Waals surface area (Å²) in [7, 11) is 1.56. The molecule has 1 heterocycles. The van der Waals surface area contributed by atoms with Gasteiger partial charge in [-0.3, -0.25) is 0 Å². The third kappa shape index (κ3) is 3.78. The predicted octanol–water partition coefficient (Wildman–Crippen LogP) is 5.18. The molecule has 0 aliphatic carbocycles. The van der Waals surface area contributed by atoms with Gasteiger partial charge in [-0.1, -0.05) is 65.7 Å². The first-order chi connectivity index (χ1) is 11.7. The molecule has 4 nitrogen and oxygen atoms in total. The van der Waals surface area contributed by atoms with Gasteiger partial charge in [-0.05, 0) is 17.7 Å². The van der Waals surface area contributed by atoms with E-state index in [0.29, 0.717) is 23.7 Å². The van der Waals surface area contributed by atoms with E-state index in [1.165, 1.54) is 0 Å². The van der Waals surface area contributed by atoms with Crippen molar-refractivity contribution in [1.29, 1.82) is 0 Å². The maximum Gasteiger partial charge on any atom is 0.202 e. The van der Waals surface area contributed by atoms with Crippen molar-refractivity contribution in [1.82, 2.24) is 9.97 Å². The number of para-hydroxylation sites is 2. The lowest BCUT2D eigenvalue weighted by Crippen LogP contribution is -2.00. The molecule has 0 atom stereocenters. The van der Waals surface area contributed by atoms with Gasteiger partial charge in [0, 0.05) is 6.42 Å². The number of nitrogens with zero attached hydrogens (tertiary/aromatic N) is 2. The smallest absolute Gasteiger partial charge is 0.202 e. The van der Waals surface area contributed by atoms with Crippen molar-refractivity contribution in [2.24, 2.45) is 0 Å². The van der Waals surface area contributed by atoms with E-state index in [9.17, 15) is 0 Å². The fourth-order valence-corrected chi connectivity index (χ4v) is 2.69. The van der Waals surface area contributed by atoms with E-state index in [0.717, 1.165) is 5.56 Å². The second-order valence-electron chi connectivity index (χ2n) is 4.97. The van der Waals surface area contributed by atoms with Gasteiger partial charge < -0.3 is 9.47 Å². The topological polar surface area (TPSA) is 44.2 Å². The van der Waals surface area contributed by atoms with Gasteiger partial charge in [0.05, 0.1) is 7.11 Å². The highest BCUT2D eigenvalue weighted by molar-refractivity contribution is 6.35. The predicted molar refractivity (Wildman–Crippen MR) is 94.4 cm³/mol. The van der Waals surface area contributed by atoms with Crippen LogP contribution in [0.2, 0.25) is 10.3 Å². The van der Waals surface area contributed by atoms with E-state index in [2.05, 4.69) is 9.97 Å². The molecule has 0 spiro atoms. The molecule has 0 fully saturated rings. The van der Waals surface area contributed by atoms with Gasteiger partial charge in [0.2, 0.25) is 5.75 Å². The second-order valence-corrected chi connectivity index (χ2v) is 5.68. The minimum Gasteiger partial charge on any atom is -0.493 e. The Morgan fingerprint density at radius 3 is 2.04 bits per heavy atom. The molecule has 0 aliphatic heterocycles. The average molecular weight is 361 g/mol. The highest BCUT2D eigenvalue weighted by atomic mass is 35.5. The molecular formula is C18H14Cl2N2O2. The third-order valence-corrected chi connectivity index (χ3v) is 3.83. The minimum atomic E-state index is 0.159. The molecule has 0 aliphatic rings. The van der Waals surface area contributed by atoms with Crippen LogP contribution in [-0.2, 0) is 6.42 Å². The average Bonchev–Trinajstić information content (AvgIpc) is 2.59. The van der Waals surface area contributed by atoms with Crippen LogP contribution in [-0.4, -0.2) is 17.1 Å². The first kappa shape index (κ1) is 16.6. The lowest BCUT2D eigenvalue weighted by molar-refractivity contribution is 0.378. The number of methoxy groups -OCH3 is 1. The Hall–Kier alpha value is -2.30. The summed E-state index contributed by atoms with van der Waals surface area (Å²) in [5.41, 5.74) is 1.07. The zero-order valence-electron chi connectivity index (χ0n) is 12.9.